The van der Waals surface area contributed by atoms with Crippen LogP contribution in [0.3, 0.4) is 0 Å². The first-order chi connectivity index (χ1) is 13.9. The quantitative estimate of drug-likeness (QED) is 0.749. The number of carbonyl (C=O) groups is 2. The molecule has 0 fully saturated rings. The van der Waals surface area contributed by atoms with Crippen LogP contribution in [0.4, 0.5) is 11.4 Å². The number of benzene rings is 2. The number of nitrogens with zero attached hydrogens (tertiary/aromatic N) is 4. The Morgan fingerprint density at radius 3 is 1.93 bits per heavy atom. The van der Waals surface area contributed by atoms with Crippen molar-refractivity contribution in [2.24, 2.45) is 16.1 Å². The Labute approximate surface area is 169 Å². The zero-order valence-electron chi connectivity index (χ0n) is 16.9. The van der Waals surface area contributed by atoms with Crippen LogP contribution in [0.15, 0.2) is 70.4 Å². The van der Waals surface area contributed by atoms with E-state index in [0.717, 1.165) is 22.5 Å². The minimum absolute atomic E-state index is 0.167. The summed E-state index contributed by atoms with van der Waals surface area (Å²) in [6.07, 6.45) is 1.69. The fraction of sp³-hybridized carbons (Fsp3) is 0.217. The van der Waals surface area contributed by atoms with Gasteiger partial charge in [0, 0.05) is 0 Å². The van der Waals surface area contributed by atoms with E-state index >= 15 is 0 Å². The van der Waals surface area contributed by atoms with E-state index in [4.69, 9.17) is 0 Å². The molecule has 2 aliphatic rings. The number of anilines is 2. The number of amides is 2. The average molecular weight is 386 g/mol. The Balaban J connectivity index is 1.65. The van der Waals surface area contributed by atoms with Gasteiger partial charge < -0.3 is 0 Å². The maximum atomic E-state index is 13.1. The molecule has 2 aromatic rings. The fourth-order valence-electron chi connectivity index (χ4n) is 3.59. The van der Waals surface area contributed by atoms with Crippen molar-refractivity contribution in [1.29, 1.82) is 0 Å². The summed E-state index contributed by atoms with van der Waals surface area (Å²) in [5, 5.41) is 11.7. The molecule has 0 radical (unpaired) electrons. The Morgan fingerprint density at radius 2 is 1.34 bits per heavy atom. The summed E-state index contributed by atoms with van der Waals surface area (Å²) in [5.74, 6) is -0.985. The fourth-order valence-corrected chi connectivity index (χ4v) is 3.59. The predicted octanol–water partition coefficient (Wildman–Crippen LogP) is 3.99. The highest BCUT2D eigenvalue weighted by molar-refractivity contribution is 6.31. The molecule has 29 heavy (non-hydrogen) atoms. The summed E-state index contributed by atoms with van der Waals surface area (Å²) in [5.41, 5.74) is 5.10. The molecular weight excluding hydrogens is 364 g/mol. The highest BCUT2D eigenvalue weighted by atomic mass is 16.2. The first-order valence-corrected chi connectivity index (χ1v) is 9.50. The second kappa shape index (κ2) is 7.13. The molecule has 0 aliphatic carbocycles. The lowest BCUT2D eigenvalue weighted by atomic mass is 9.98. The smallest absolute Gasteiger partial charge is 0.271 e. The van der Waals surface area contributed by atoms with Crippen molar-refractivity contribution in [3.05, 3.63) is 71.3 Å². The summed E-state index contributed by atoms with van der Waals surface area (Å²) in [4.78, 5) is 26.1. The summed E-state index contributed by atoms with van der Waals surface area (Å²) >= 11 is 0. The lowest BCUT2D eigenvalue weighted by Gasteiger charge is -2.16. The van der Waals surface area contributed by atoms with Crippen LogP contribution in [-0.2, 0) is 9.59 Å². The highest BCUT2D eigenvalue weighted by Gasteiger charge is 2.37. The van der Waals surface area contributed by atoms with Crippen molar-refractivity contribution >= 4 is 34.6 Å². The third-order valence-electron chi connectivity index (χ3n) is 5.27. The van der Waals surface area contributed by atoms with Gasteiger partial charge >= 0.3 is 0 Å². The van der Waals surface area contributed by atoms with Gasteiger partial charge in [-0.1, -0.05) is 42.5 Å². The maximum Gasteiger partial charge on any atom is 0.280 e. The average Bonchev–Trinajstić information content (AvgIpc) is 3.13. The van der Waals surface area contributed by atoms with Crippen LogP contribution in [0.2, 0.25) is 0 Å². The van der Waals surface area contributed by atoms with Gasteiger partial charge in [-0.25, -0.2) is 0 Å². The van der Waals surface area contributed by atoms with Crippen molar-refractivity contribution in [3.8, 4) is 0 Å². The topological polar surface area (TPSA) is 65.3 Å². The lowest BCUT2D eigenvalue weighted by molar-refractivity contribution is -0.118. The predicted molar refractivity (Wildman–Crippen MR) is 115 cm³/mol. The molecule has 4 rings (SSSR count). The monoisotopic (exact) mass is 386 g/mol. The van der Waals surface area contributed by atoms with E-state index in [2.05, 4.69) is 10.2 Å². The largest absolute Gasteiger partial charge is 0.280 e. The molecule has 0 spiro atoms. The van der Waals surface area contributed by atoms with Crippen LogP contribution < -0.4 is 10.0 Å². The highest BCUT2D eigenvalue weighted by Crippen LogP contribution is 2.31. The zero-order valence-corrected chi connectivity index (χ0v) is 16.9. The van der Waals surface area contributed by atoms with Crippen LogP contribution in [0.1, 0.15) is 25.0 Å². The molecule has 0 bridgehead atoms. The van der Waals surface area contributed by atoms with Gasteiger partial charge in [-0.2, -0.15) is 20.2 Å². The van der Waals surface area contributed by atoms with E-state index in [0.29, 0.717) is 17.0 Å². The van der Waals surface area contributed by atoms with Gasteiger partial charge in [-0.3, -0.25) is 9.59 Å². The van der Waals surface area contributed by atoms with Gasteiger partial charge in [0.2, 0.25) is 0 Å². The van der Waals surface area contributed by atoms with E-state index in [1.54, 1.807) is 13.0 Å². The van der Waals surface area contributed by atoms with Crippen molar-refractivity contribution < 1.29 is 9.59 Å². The Morgan fingerprint density at radius 1 is 0.793 bits per heavy atom. The molecule has 1 unspecified atom stereocenters. The molecule has 2 heterocycles. The van der Waals surface area contributed by atoms with Crippen LogP contribution in [-0.4, -0.2) is 23.2 Å². The zero-order chi connectivity index (χ0) is 20.7. The van der Waals surface area contributed by atoms with E-state index in [9.17, 15) is 9.59 Å². The Hall–Kier alpha value is -3.54. The summed E-state index contributed by atoms with van der Waals surface area (Å²) < 4.78 is 0. The van der Waals surface area contributed by atoms with Crippen molar-refractivity contribution in [1.82, 2.24) is 0 Å². The molecule has 2 aliphatic heterocycles. The number of para-hydroxylation sites is 2. The normalized spacial score (nSPS) is 20.6. The number of hydrogen-bond donors (Lipinski definition) is 0. The van der Waals surface area contributed by atoms with Crippen molar-refractivity contribution in [2.45, 2.75) is 27.7 Å². The number of aryl methyl sites for hydroxylation is 2. The summed E-state index contributed by atoms with van der Waals surface area (Å²) in [6, 6.07) is 15.2. The molecule has 0 N–H and O–H groups in total. The molecule has 6 heteroatoms. The Bertz CT molecular complexity index is 1110. The van der Waals surface area contributed by atoms with E-state index in [-0.39, 0.29) is 11.8 Å². The first-order valence-electron chi connectivity index (χ1n) is 9.50. The molecule has 2 amide bonds. The van der Waals surface area contributed by atoms with Crippen LogP contribution in [0, 0.1) is 19.8 Å². The van der Waals surface area contributed by atoms with Gasteiger partial charge in [0.25, 0.3) is 11.8 Å². The molecule has 6 nitrogen and oxygen atoms in total. The molecule has 0 aromatic heterocycles. The third-order valence-corrected chi connectivity index (χ3v) is 5.27. The molecule has 2 aromatic carbocycles. The number of hydrazone groups is 2. The van der Waals surface area contributed by atoms with E-state index in [1.165, 1.54) is 10.0 Å². The minimum Gasteiger partial charge on any atom is -0.271 e. The van der Waals surface area contributed by atoms with Crippen LogP contribution in [0.25, 0.3) is 0 Å². The number of carbonyl (C=O) groups excluding carboxylic acids is 2. The molecular formula is C23H22N4O2. The first kappa shape index (κ1) is 18.8. The van der Waals surface area contributed by atoms with Gasteiger partial charge in [0.05, 0.1) is 34.3 Å². The molecule has 0 saturated carbocycles. The van der Waals surface area contributed by atoms with E-state index < -0.39 is 5.92 Å². The summed E-state index contributed by atoms with van der Waals surface area (Å²) in [6.45, 7) is 7.47. The molecule has 0 saturated heterocycles. The van der Waals surface area contributed by atoms with Crippen LogP contribution >= 0.6 is 0 Å². The van der Waals surface area contributed by atoms with Gasteiger partial charge in [-0.15, -0.1) is 0 Å². The lowest BCUT2D eigenvalue weighted by Crippen LogP contribution is -2.28. The standard InChI is InChI=1S/C23H22N4O2/c1-14-9-5-7-11-20(14)26-22(28)18(16(3)24-26)13-19-17(4)25-27(23(19)29)21-12-8-6-10-15(21)2/h5-13,18H,1-4H3/b19-13-. The third kappa shape index (κ3) is 3.16. The van der Waals surface area contributed by atoms with Gasteiger partial charge in [0.1, 0.15) is 0 Å². The van der Waals surface area contributed by atoms with E-state index in [1.807, 2.05) is 69.3 Å². The number of hydrogen-bond acceptors (Lipinski definition) is 4. The van der Waals surface area contributed by atoms with Crippen molar-refractivity contribution in [2.75, 3.05) is 10.0 Å². The molecule has 1 atom stereocenters. The van der Waals surface area contributed by atoms with Crippen LogP contribution in [0.5, 0.6) is 0 Å². The minimum atomic E-state index is -0.587. The van der Waals surface area contributed by atoms with Gasteiger partial charge in [-0.05, 0) is 51.0 Å². The molecule has 146 valence electrons. The maximum absolute atomic E-state index is 13.1. The van der Waals surface area contributed by atoms with Crippen molar-refractivity contribution in [3.63, 3.8) is 0 Å². The Kier molecular flexibility index (Phi) is 4.62. The summed E-state index contributed by atoms with van der Waals surface area (Å²) in [7, 11) is 0. The SMILES string of the molecule is CC1=NN(c2ccccc2C)C(=O)/C1=C\C1C(=O)N(c2ccccc2C)N=C1C. The second-order valence-corrected chi connectivity index (χ2v) is 7.32. The van der Waals surface area contributed by atoms with Gasteiger partial charge in [0.15, 0.2) is 0 Å². The second-order valence-electron chi connectivity index (χ2n) is 7.32. The number of rotatable bonds is 3.